The molecule has 1 aliphatic rings. The summed E-state index contributed by atoms with van der Waals surface area (Å²) in [6.07, 6.45) is 4.09. The predicted molar refractivity (Wildman–Crippen MR) is 78.1 cm³/mol. The van der Waals surface area contributed by atoms with Crippen LogP contribution in [0.5, 0.6) is 0 Å². The molecule has 0 aliphatic carbocycles. The highest BCUT2D eigenvalue weighted by Crippen LogP contribution is 2.22. The second-order valence-corrected chi connectivity index (χ2v) is 5.17. The molecule has 1 aliphatic heterocycles. The molecule has 0 amide bonds. The largest absolute Gasteiger partial charge is 0.368 e. The quantitative estimate of drug-likeness (QED) is 0.890. The van der Waals surface area contributed by atoms with Crippen molar-refractivity contribution < 1.29 is 0 Å². The summed E-state index contributed by atoms with van der Waals surface area (Å²) >= 11 is 6.20. The highest BCUT2D eigenvalue weighted by molar-refractivity contribution is 6.33. The Kier molecular flexibility index (Phi) is 4.82. The van der Waals surface area contributed by atoms with E-state index in [-0.39, 0.29) is 10.6 Å². The molecule has 106 valence electrons. The molecule has 0 radical (unpaired) electrons. The lowest BCUT2D eigenvalue weighted by Crippen LogP contribution is -2.38. The average molecular weight is 285 g/mol. The Hall–Kier alpha value is -1.07. The summed E-state index contributed by atoms with van der Waals surface area (Å²) in [5, 5.41) is 7.89. The number of aromatic nitrogens is 2. The van der Waals surface area contributed by atoms with Crippen LogP contribution in [0, 0.1) is 0 Å². The molecular formula is C13H21ClN4O. The molecule has 6 heteroatoms. The normalized spacial score (nSPS) is 18.8. The van der Waals surface area contributed by atoms with E-state index in [0.29, 0.717) is 12.6 Å². The fourth-order valence-electron chi connectivity index (χ4n) is 2.48. The van der Waals surface area contributed by atoms with E-state index in [4.69, 9.17) is 11.6 Å². The van der Waals surface area contributed by atoms with Gasteiger partial charge < -0.3 is 10.2 Å². The van der Waals surface area contributed by atoms with Gasteiger partial charge in [0.15, 0.2) is 0 Å². The molecule has 0 bridgehead atoms. The van der Waals surface area contributed by atoms with Crippen LogP contribution in [-0.2, 0) is 6.54 Å². The number of aryl methyl sites for hydroxylation is 1. The maximum absolute atomic E-state index is 12.0. The maximum Gasteiger partial charge on any atom is 0.287 e. The van der Waals surface area contributed by atoms with Gasteiger partial charge >= 0.3 is 0 Å². The molecule has 0 spiro atoms. The first kappa shape index (κ1) is 14.3. The molecule has 19 heavy (non-hydrogen) atoms. The molecule has 1 unspecified atom stereocenters. The highest BCUT2D eigenvalue weighted by atomic mass is 35.5. The Balaban J connectivity index is 2.22. The molecule has 1 saturated heterocycles. The van der Waals surface area contributed by atoms with Gasteiger partial charge in [0.05, 0.1) is 11.9 Å². The fraction of sp³-hybridized carbons (Fsp3) is 0.692. The van der Waals surface area contributed by atoms with E-state index in [1.165, 1.54) is 17.5 Å². The van der Waals surface area contributed by atoms with E-state index < -0.39 is 0 Å². The van der Waals surface area contributed by atoms with Crippen molar-refractivity contribution in [2.24, 2.45) is 0 Å². The maximum atomic E-state index is 12.0. The topological polar surface area (TPSA) is 50.2 Å². The van der Waals surface area contributed by atoms with Gasteiger partial charge in [-0.05, 0) is 33.2 Å². The SMILES string of the molecule is CCN(CC1CCCN1)c1cnn(CC)c(=O)c1Cl. The third-order valence-corrected chi connectivity index (χ3v) is 3.95. The van der Waals surface area contributed by atoms with Gasteiger partial charge in [0.25, 0.3) is 5.56 Å². The average Bonchev–Trinajstić information content (AvgIpc) is 2.92. The number of nitrogens with one attached hydrogen (secondary N) is 1. The standard InChI is InChI=1S/C13H21ClN4O/c1-3-17(9-10-6-5-7-15-10)11-8-16-18(4-2)13(19)12(11)14/h8,10,15H,3-7,9H2,1-2H3. The number of rotatable bonds is 5. The van der Waals surface area contributed by atoms with Crippen LogP contribution < -0.4 is 15.8 Å². The minimum absolute atomic E-state index is 0.209. The Morgan fingerprint density at radius 1 is 1.58 bits per heavy atom. The first-order valence-electron chi connectivity index (χ1n) is 6.91. The van der Waals surface area contributed by atoms with E-state index in [9.17, 15) is 4.79 Å². The van der Waals surface area contributed by atoms with Gasteiger partial charge in [-0.3, -0.25) is 4.79 Å². The zero-order chi connectivity index (χ0) is 13.8. The van der Waals surface area contributed by atoms with E-state index in [1.807, 2.05) is 6.92 Å². The number of hydrogen-bond donors (Lipinski definition) is 1. The second kappa shape index (κ2) is 6.39. The molecule has 1 aromatic heterocycles. The predicted octanol–water partition coefficient (Wildman–Crippen LogP) is 1.49. The number of halogens is 1. The van der Waals surface area contributed by atoms with Crippen molar-refractivity contribution in [3.05, 3.63) is 21.6 Å². The van der Waals surface area contributed by atoms with Crippen molar-refractivity contribution in [3.63, 3.8) is 0 Å². The molecule has 1 N–H and O–H groups in total. The van der Waals surface area contributed by atoms with Crippen molar-refractivity contribution in [3.8, 4) is 0 Å². The number of anilines is 1. The van der Waals surface area contributed by atoms with Gasteiger partial charge in [-0.15, -0.1) is 0 Å². The van der Waals surface area contributed by atoms with Gasteiger partial charge in [-0.25, -0.2) is 4.68 Å². The summed E-state index contributed by atoms with van der Waals surface area (Å²) in [6, 6.07) is 0.477. The molecule has 5 nitrogen and oxygen atoms in total. The van der Waals surface area contributed by atoms with Crippen molar-refractivity contribution in [2.75, 3.05) is 24.5 Å². The lowest BCUT2D eigenvalue weighted by molar-refractivity contribution is 0.579. The van der Waals surface area contributed by atoms with Crippen LogP contribution in [-0.4, -0.2) is 35.5 Å². The summed E-state index contributed by atoms with van der Waals surface area (Å²) < 4.78 is 1.38. The van der Waals surface area contributed by atoms with Gasteiger partial charge in [0.2, 0.25) is 0 Å². The smallest absolute Gasteiger partial charge is 0.287 e. The van der Waals surface area contributed by atoms with Crippen molar-refractivity contribution in [1.29, 1.82) is 0 Å². The summed E-state index contributed by atoms with van der Waals surface area (Å²) in [5.41, 5.74) is 0.534. The minimum atomic E-state index is -0.209. The van der Waals surface area contributed by atoms with Crippen molar-refractivity contribution >= 4 is 17.3 Å². The molecule has 2 rings (SSSR count). The summed E-state index contributed by atoms with van der Waals surface area (Å²) in [6.45, 7) is 7.24. The van der Waals surface area contributed by atoms with Gasteiger partial charge in [0.1, 0.15) is 5.02 Å². The van der Waals surface area contributed by atoms with Gasteiger partial charge in [-0.2, -0.15) is 5.10 Å². The van der Waals surface area contributed by atoms with Gasteiger partial charge in [0, 0.05) is 25.7 Å². The molecule has 0 saturated carbocycles. The molecular weight excluding hydrogens is 264 g/mol. The van der Waals surface area contributed by atoms with E-state index in [0.717, 1.165) is 25.3 Å². The highest BCUT2D eigenvalue weighted by Gasteiger charge is 2.20. The van der Waals surface area contributed by atoms with E-state index in [1.54, 1.807) is 6.20 Å². The summed E-state index contributed by atoms with van der Waals surface area (Å²) in [5.74, 6) is 0. The lowest BCUT2D eigenvalue weighted by atomic mass is 10.2. The Morgan fingerprint density at radius 2 is 2.37 bits per heavy atom. The zero-order valence-electron chi connectivity index (χ0n) is 11.5. The van der Waals surface area contributed by atoms with E-state index >= 15 is 0 Å². The van der Waals surface area contributed by atoms with Crippen molar-refractivity contribution in [1.82, 2.24) is 15.1 Å². The van der Waals surface area contributed by atoms with Crippen molar-refractivity contribution in [2.45, 2.75) is 39.3 Å². The zero-order valence-corrected chi connectivity index (χ0v) is 12.3. The van der Waals surface area contributed by atoms with Gasteiger partial charge in [-0.1, -0.05) is 11.6 Å². The van der Waals surface area contributed by atoms with Crippen LogP contribution in [0.2, 0.25) is 5.02 Å². The fourth-order valence-corrected chi connectivity index (χ4v) is 2.74. The summed E-state index contributed by atoms with van der Waals surface area (Å²) in [7, 11) is 0. The molecule has 1 atom stereocenters. The molecule has 2 heterocycles. The third-order valence-electron chi connectivity index (χ3n) is 3.59. The van der Waals surface area contributed by atoms with Crippen LogP contribution in [0.25, 0.3) is 0 Å². The molecule has 1 fully saturated rings. The number of hydrogen-bond acceptors (Lipinski definition) is 4. The van der Waals surface area contributed by atoms with Crippen LogP contribution in [0.4, 0.5) is 5.69 Å². The third kappa shape index (κ3) is 3.09. The monoisotopic (exact) mass is 284 g/mol. The molecule has 0 aromatic carbocycles. The first-order chi connectivity index (χ1) is 9.17. The minimum Gasteiger partial charge on any atom is -0.368 e. The molecule has 1 aromatic rings. The van der Waals surface area contributed by atoms with Crippen LogP contribution in [0.15, 0.2) is 11.0 Å². The van der Waals surface area contributed by atoms with Crippen LogP contribution in [0.1, 0.15) is 26.7 Å². The van der Waals surface area contributed by atoms with Crippen LogP contribution in [0.3, 0.4) is 0 Å². The first-order valence-corrected chi connectivity index (χ1v) is 7.29. The number of nitrogens with zero attached hydrogens (tertiary/aromatic N) is 3. The van der Waals surface area contributed by atoms with Crippen LogP contribution >= 0.6 is 11.6 Å². The Labute approximate surface area is 118 Å². The second-order valence-electron chi connectivity index (χ2n) is 4.80. The lowest BCUT2D eigenvalue weighted by Gasteiger charge is -2.27. The Morgan fingerprint density at radius 3 is 2.95 bits per heavy atom. The Bertz CT molecular complexity index is 482. The van der Waals surface area contributed by atoms with E-state index in [2.05, 4.69) is 22.2 Å². The summed E-state index contributed by atoms with van der Waals surface area (Å²) in [4.78, 5) is 14.1. The number of likely N-dealkylation sites (N-methyl/N-ethyl adjacent to an activating group) is 1.